The van der Waals surface area contributed by atoms with Crippen molar-refractivity contribution in [1.82, 2.24) is 0 Å². The van der Waals surface area contributed by atoms with E-state index in [0.29, 0.717) is 0 Å². The van der Waals surface area contributed by atoms with Crippen LogP contribution in [0, 0.1) is 0 Å². The predicted molar refractivity (Wildman–Crippen MR) is 49.3 cm³/mol. The number of ether oxygens (including phenoxy) is 1. The lowest BCUT2D eigenvalue weighted by molar-refractivity contribution is 0.225. The molecule has 0 atom stereocenters. The second-order valence-corrected chi connectivity index (χ2v) is 2.15. The summed E-state index contributed by atoms with van der Waals surface area (Å²) in [6.07, 6.45) is 8.50. The van der Waals surface area contributed by atoms with E-state index in [0.717, 1.165) is 18.8 Å². The molecule has 0 saturated heterocycles. The Bertz CT molecular complexity index is 154. The first-order chi connectivity index (χ1) is 5.35. The Morgan fingerprint density at radius 2 is 2.27 bits per heavy atom. The van der Waals surface area contributed by atoms with Gasteiger partial charge < -0.3 is 4.74 Å². The summed E-state index contributed by atoms with van der Waals surface area (Å²) < 4.78 is 5.38. The quantitative estimate of drug-likeness (QED) is 0.434. The maximum Gasteiger partial charge on any atom is 0.118 e. The van der Waals surface area contributed by atoms with Gasteiger partial charge in [0.1, 0.15) is 5.76 Å². The molecule has 0 radical (unpaired) electrons. The van der Waals surface area contributed by atoms with Gasteiger partial charge in [0.2, 0.25) is 0 Å². The van der Waals surface area contributed by atoms with E-state index in [1.807, 2.05) is 25.2 Å². The van der Waals surface area contributed by atoms with E-state index in [9.17, 15) is 0 Å². The molecule has 0 aliphatic heterocycles. The number of allylic oxidation sites excluding steroid dienone is 4. The molecule has 62 valence electrons. The fourth-order valence-electron chi connectivity index (χ4n) is 0.652. The van der Waals surface area contributed by atoms with Crippen LogP contribution in [0.25, 0.3) is 0 Å². The van der Waals surface area contributed by atoms with Crippen LogP contribution in [0.2, 0.25) is 0 Å². The molecule has 11 heavy (non-hydrogen) atoms. The average molecular weight is 152 g/mol. The molecular formula is C10H16O. The molecule has 0 aliphatic carbocycles. The van der Waals surface area contributed by atoms with Crippen LogP contribution >= 0.6 is 0 Å². The van der Waals surface area contributed by atoms with Crippen LogP contribution in [-0.2, 0) is 4.74 Å². The van der Waals surface area contributed by atoms with Crippen LogP contribution in [0.15, 0.2) is 36.6 Å². The fraction of sp³-hybridized carbons (Fsp3) is 0.400. The lowest BCUT2D eigenvalue weighted by Gasteiger charge is -2.03. The first-order valence-electron chi connectivity index (χ1n) is 3.93. The molecule has 0 heterocycles. The Hall–Kier alpha value is -0.980. The van der Waals surface area contributed by atoms with E-state index in [1.54, 1.807) is 6.08 Å². The third-order valence-corrected chi connectivity index (χ3v) is 1.09. The molecule has 1 heteroatoms. The average Bonchev–Trinajstić information content (AvgIpc) is 2.01. The van der Waals surface area contributed by atoms with Crippen molar-refractivity contribution in [3.8, 4) is 0 Å². The maximum atomic E-state index is 5.38. The maximum absolute atomic E-state index is 5.38. The first kappa shape index (κ1) is 10.0. The van der Waals surface area contributed by atoms with E-state index < -0.39 is 0 Å². The number of hydrogen-bond acceptors (Lipinski definition) is 1. The monoisotopic (exact) mass is 152 g/mol. The van der Waals surface area contributed by atoms with Gasteiger partial charge in [-0.1, -0.05) is 25.7 Å². The van der Waals surface area contributed by atoms with Gasteiger partial charge in [0.25, 0.3) is 0 Å². The minimum atomic E-state index is 0.768. The van der Waals surface area contributed by atoms with Gasteiger partial charge in [-0.15, -0.1) is 0 Å². The van der Waals surface area contributed by atoms with Crippen molar-refractivity contribution in [3.63, 3.8) is 0 Å². The molecule has 0 saturated carbocycles. The molecule has 0 aromatic carbocycles. The topological polar surface area (TPSA) is 9.23 Å². The zero-order chi connectivity index (χ0) is 8.53. The summed E-state index contributed by atoms with van der Waals surface area (Å²) in [6.45, 7) is 8.42. The first-order valence-corrected chi connectivity index (χ1v) is 3.93. The second kappa shape index (κ2) is 7.13. The lowest BCUT2D eigenvalue weighted by Crippen LogP contribution is -1.90. The van der Waals surface area contributed by atoms with E-state index in [-0.39, 0.29) is 0 Å². The third-order valence-electron chi connectivity index (χ3n) is 1.09. The molecule has 0 aromatic rings. The smallest absolute Gasteiger partial charge is 0.118 e. The van der Waals surface area contributed by atoms with E-state index in [2.05, 4.69) is 13.5 Å². The summed E-state index contributed by atoms with van der Waals surface area (Å²) in [4.78, 5) is 0. The normalized spacial score (nSPS) is 12.0. The Labute approximate surface area is 69.1 Å². The summed E-state index contributed by atoms with van der Waals surface area (Å²) in [5.41, 5.74) is 0. The van der Waals surface area contributed by atoms with Gasteiger partial charge in [-0.2, -0.15) is 0 Å². The molecule has 0 rings (SSSR count). The SMILES string of the molecule is C=C/C=C(\C=C/C)OCCC. The van der Waals surface area contributed by atoms with Gasteiger partial charge in [0.05, 0.1) is 6.61 Å². The van der Waals surface area contributed by atoms with Crippen molar-refractivity contribution in [2.24, 2.45) is 0 Å². The summed E-state index contributed by atoms with van der Waals surface area (Å²) in [5, 5.41) is 0. The molecule has 0 unspecified atom stereocenters. The molecule has 0 fully saturated rings. The van der Waals surface area contributed by atoms with Crippen molar-refractivity contribution >= 4 is 0 Å². The van der Waals surface area contributed by atoms with E-state index >= 15 is 0 Å². The van der Waals surface area contributed by atoms with Crippen LogP contribution in [0.1, 0.15) is 20.3 Å². The van der Waals surface area contributed by atoms with Gasteiger partial charge in [-0.3, -0.25) is 0 Å². The highest BCUT2D eigenvalue weighted by Crippen LogP contribution is 2.00. The lowest BCUT2D eigenvalue weighted by atomic mass is 10.4. The van der Waals surface area contributed by atoms with E-state index in [1.165, 1.54) is 0 Å². The molecule has 0 aliphatic rings. The highest BCUT2D eigenvalue weighted by Gasteiger charge is 1.87. The number of hydrogen-bond donors (Lipinski definition) is 0. The molecule has 0 spiro atoms. The van der Waals surface area contributed by atoms with Crippen LogP contribution in [-0.4, -0.2) is 6.61 Å². The Morgan fingerprint density at radius 1 is 1.55 bits per heavy atom. The second-order valence-electron chi connectivity index (χ2n) is 2.15. The Balaban J connectivity index is 3.89. The van der Waals surface area contributed by atoms with Crippen molar-refractivity contribution in [1.29, 1.82) is 0 Å². The van der Waals surface area contributed by atoms with Crippen LogP contribution in [0.3, 0.4) is 0 Å². The zero-order valence-electron chi connectivity index (χ0n) is 7.34. The van der Waals surface area contributed by atoms with Crippen molar-refractivity contribution in [2.45, 2.75) is 20.3 Å². The van der Waals surface area contributed by atoms with Crippen LogP contribution in [0.4, 0.5) is 0 Å². The molecule has 0 bridgehead atoms. The summed E-state index contributed by atoms with van der Waals surface area (Å²) in [7, 11) is 0. The van der Waals surface area contributed by atoms with Crippen molar-refractivity contribution in [2.75, 3.05) is 6.61 Å². The Kier molecular flexibility index (Phi) is 6.50. The fourth-order valence-corrected chi connectivity index (χ4v) is 0.652. The Morgan fingerprint density at radius 3 is 2.73 bits per heavy atom. The van der Waals surface area contributed by atoms with Gasteiger partial charge in [0, 0.05) is 0 Å². The highest BCUT2D eigenvalue weighted by molar-refractivity contribution is 5.16. The highest BCUT2D eigenvalue weighted by atomic mass is 16.5. The summed E-state index contributed by atoms with van der Waals surface area (Å²) in [6, 6.07) is 0. The standard InChI is InChI=1S/C10H16O/c1-4-7-10(8-5-2)11-9-6-3/h4-5,7-8H,1,6,9H2,2-3H3/b8-5-,10-7+. The molecular weight excluding hydrogens is 136 g/mol. The molecule has 0 N–H and O–H groups in total. The summed E-state index contributed by atoms with van der Waals surface area (Å²) >= 11 is 0. The predicted octanol–water partition coefficient (Wildman–Crippen LogP) is 3.06. The van der Waals surface area contributed by atoms with Crippen LogP contribution < -0.4 is 0 Å². The minimum absolute atomic E-state index is 0.768. The molecule has 0 aromatic heterocycles. The van der Waals surface area contributed by atoms with Gasteiger partial charge in [-0.05, 0) is 25.5 Å². The number of rotatable bonds is 5. The summed E-state index contributed by atoms with van der Waals surface area (Å²) in [5.74, 6) is 0.879. The zero-order valence-corrected chi connectivity index (χ0v) is 7.34. The van der Waals surface area contributed by atoms with E-state index in [4.69, 9.17) is 4.74 Å². The van der Waals surface area contributed by atoms with Crippen molar-refractivity contribution < 1.29 is 4.74 Å². The third kappa shape index (κ3) is 5.46. The van der Waals surface area contributed by atoms with Gasteiger partial charge >= 0.3 is 0 Å². The van der Waals surface area contributed by atoms with Gasteiger partial charge in [-0.25, -0.2) is 0 Å². The minimum Gasteiger partial charge on any atom is -0.494 e. The molecule has 1 nitrogen and oxygen atoms in total. The van der Waals surface area contributed by atoms with Crippen LogP contribution in [0.5, 0.6) is 0 Å². The largest absolute Gasteiger partial charge is 0.494 e. The van der Waals surface area contributed by atoms with Gasteiger partial charge in [0.15, 0.2) is 0 Å². The van der Waals surface area contributed by atoms with Crippen molar-refractivity contribution in [3.05, 3.63) is 36.6 Å². The molecule has 0 amide bonds.